The molecule has 1 aromatic heterocycles. The van der Waals surface area contributed by atoms with Gasteiger partial charge in [-0.2, -0.15) is 0 Å². The molecular formula is C16H24N4S. The fourth-order valence-electron chi connectivity index (χ4n) is 2.33. The topological polar surface area (TPSA) is 63.8 Å². The van der Waals surface area contributed by atoms with Crippen molar-refractivity contribution in [3.05, 3.63) is 46.0 Å². The zero-order chi connectivity index (χ0) is 15.5. The lowest BCUT2D eigenvalue weighted by Crippen LogP contribution is -2.29. The molecule has 0 amide bonds. The van der Waals surface area contributed by atoms with Crippen LogP contribution in [-0.4, -0.2) is 9.59 Å². The molecule has 4 nitrogen and oxygen atoms in total. The van der Waals surface area contributed by atoms with E-state index in [0.717, 1.165) is 23.4 Å². The van der Waals surface area contributed by atoms with Gasteiger partial charge in [0, 0.05) is 0 Å². The highest BCUT2D eigenvalue weighted by Gasteiger charge is 2.18. The summed E-state index contributed by atoms with van der Waals surface area (Å²) in [6, 6.07) is 8.85. The van der Waals surface area contributed by atoms with Crippen molar-refractivity contribution in [2.75, 3.05) is 0 Å². The summed E-state index contributed by atoms with van der Waals surface area (Å²) in [4.78, 5) is 1.14. The highest BCUT2D eigenvalue weighted by atomic mass is 32.1. The van der Waals surface area contributed by atoms with Gasteiger partial charge in [-0.25, -0.2) is 0 Å². The Morgan fingerprint density at radius 3 is 2.43 bits per heavy atom. The minimum absolute atomic E-state index is 0.0698. The van der Waals surface area contributed by atoms with Gasteiger partial charge in [-0.15, -0.1) is 5.10 Å². The van der Waals surface area contributed by atoms with Crippen LogP contribution in [0, 0.1) is 0 Å². The van der Waals surface area contributed by atoms with Crippen LogP contribution in [0.2, 0.25) is 0 Å². The predicted molar refractivity (Wildman–Crippen MR) is 88.2 cm³/mol. The molecule has 2 aromatic rings. The number of hydrogen-bond donors (Lipinski definition) is 2. The van der Waals surface area contributed by atoms with Gasteiger partial charge < -0.3 is 0 Å². The van der Waals surface area contributed by atoms with E-state index in [4.69, 9.17) is 5.84 Å². The molecule has 1 heterocycles. The van der Waals surface area contributed by atoms with Crippen molar-refractivity contribution in [1.29, 1.82) is 0 Å². The molecule has 0 aliphatic carbocycles. The fourth-order valence-corrected chi connectivity index (χ4v) is 3.13. The minimum atomic E-state index is 0.0698. The molecule has 0 aliphatic rings. The number of hydrogen-bond acceptors (Lipinski definition) is 5. The first-order valence-electron chi connectivity index (χ1n) is 7.32. The zero-order valence-corrected chi connectivity index (χ0v) is 14.0. The van der Waals surface area contributed by atoms with E-state index in [2.05, 4.69) is 67.0 Å². The van der Waals surface area contributed by atoms with Crippen molar-refractivity contribution < 1.29 is 0 Å². The molecule has 1 atom stereocenters. The van der Waals surface area contributed by atoms with Crippen LogP contribution in [0.4, 0.5) is 0 Å². The van der Waals surface area contributed by atoms with Gasteiger partial charge in [0.25, 0.3) is 0 Å². The molecule has 114 valence electrons. The standard InChI is InChI=1S/C16H24N4S/c1-5-13-15(21-20-19-13)14(18-17)10-11-6-8-12(9-7-11)16(2,3)4/h6-9,14,18H,5,10,17H2,1-4H3. The maximum Gasteiger partial charge on any atom is 0.0801 e. The molecule has 0 radical (unpaired) electrons. The van der Waals surface area contributed by atoms with Crippen molar-refractivity contribution in [2.45, 2.75) is 52.0 Å². The smallest absolute Gasteiger partial charge is 0.0801 e. The van der Waals surface area contributed by atoms with Gasteiger partial charge >= 0.3 is 0 Å². The third-order valence-electron chi connectivity index (χ3n) is 3.70. The van der Waals surface area contributed by atoms with Gasteiger partial charge in [0.2, 0.25) is 0 Å². The molecule has 0 fully saturated rings. The quantitative estimate of drug-likeness (QED) is 0.658. The molecule has 21 heavy (non-hydrogen) atoms. The van der Waals surface area contributed by atoms with Crippen molar-refractivity contribution in [1.82, 2.24) is 15.0 Å². The molecule has 2 rings (SSSR count). The third kappa shape index (κ3) is 3.87. The second-order valence-corrected chi connectivity index (χ2v) is 7.09. The molecule has 1 unspecified atom stereocenters. The summed E-state index contributed by atoms with van der Waals surface area (Å²) in [6.45, 7) is 8.76. The summed E-state index contributed by atoms with van der Waals surface area (Å²) < 4.78 is 4.05. The summed E-state index contributed by atoms with van der Waals surface area (Å²) in [7, 11) is 0. The first kappa shape index (κ1) is 16.1. The SMILES string of the molecule is CCc1nnsc1C(Cc1ccc(C(C)(C)C)cc1)NN. The summed E-state index contributed by atoms with van der Waals surface area (Å²) in [5, 5.41) is 4.16. The molecule has 3 N–H and O–H groups in total. The second-order valence-electron chi connectivity index (χ2n) is 6.31. The number of benzene rings is 1. The average Bonchev–Trinajstić information content (AvgIpc) is 2.92. The minimum Gasteiger partial charge on any atom is -0.271 e. The fraction of sp³-hybridized carbons (Fsp3) is 0.500. The average molecular weight is 304 g/mol. The van der Waals surface area contributed by atoms with Crippen molar-refractivity contribution in [3.63, 3.8) is 0 Å². The molecule has 5 heteroatoms. The van der Waals surface area contributed by atoms with Gasteiger partial charge in [0.05, 0.1) is 16.6 Å². The lowest BCUT2D eigenvalue weighted by molar-refractivity contribution is 0.554. The normalized spacial score (nSPS) is 13.4. The van der Waals surface area contributed by atoms with Gasteiger partial charge in [0.1, 0.15) is 0 Å². The van der Waals surface area contributed by atoms with Crippen LogP contribution in [0.1, 0.15) is 55.4 Å². The number of aryl methyl sites for hydroxylation is 1. The van der Waals surface area contributed by atoms with Crippen molar-refractivity contribution in [3.8, 4) is 0 Å². The third-order valence-corrected chi connectivity index (χ3v) is 4.58. The van der Waals surface area contributed by atoms with Gasteiger partial charge in [-0.05, 0) is 40.9 Å². The molecule has 0 aliphatic heterocycles. The van der Waals surface area contributed by atoms with Gasteiger partial charge in [0.15, 0.2) is 0 Å². The molecule has 0 saturated heterocycles. The molecule has 0 saturated carbocycles. The van der Waals surface area contributed by atoms with Crippen LogP contribution in [0.3, 0.4) is 0 Å². The van der Waals surface area contributed by atoms with E-state index >= 15 is 0 Å². The highest BCUT2D eigenvalue weighted by Crippen LogP contribution is 2.26. The zero-order valence-electron chi connectivity index (χ0n) is 13.2. The van der Waals surface area contributed by atoms with E-state index < -0.39 is 0 Å². The lowest BCUT2D eigenvalue weighted by Gasteiger charge is -2.20. The van der Waals surface area contributed by atoms with Crippen LogP contribution in [0.25, 0.3) is 0 Å². The summed E-state index contributed by atoms with van der Waals surface area (Å²) in [5.41, 5.74) is 6.73. The van der Waals surface area contributed by atoms with E-state index in [9.17, 15) is 0 Å². The molecule has 0 spiro atoms. The van der Waals surface area contributed by atoms with E-state index in [1.165, 1.54) is 22.7 Å². The van der Waals surface area contributed by atoms with Crippen LogP contribution in [0.5, 0.6) is 0 Å². The van der Waals surface area contributed by atoms with E-state index in [-0.39, 0.29) is 11.5 Å². The Hall–Kier alpha value is -1.30. The second kappa shape index (κ2) is 6.64. The first-order chi connectivity index (χ1) is 9.95. The Labute approximate surface area is 130 Å². The lowest BCUT2D eigenvalue weighted by atomic mass is 9.86. The van der Waals surface area contributed by atoms with Gasteiger partial charge in [-0.1, -0.05) is 56.4 Å². The summed E-state index contributed by atoms with van der Waals surface area (Å²) >= 11 is 1.43. The van der Waals surface area contributed by atoms with Crippen molar-refractivity contribution in [2.24, 2.45) is 5.84 Å². The van der Waals surface area contributed by atoms with E-state index in [1.54, 1.807) is 0 Å². The van der Waals surface area contributed by atoms with Crippen LogP contribution >= 0.6 is 11.5 Å². The van der Waals surface area contributed by atoms with E-state index in [0.29, 0.717) is 0 Å². The number of nitrogens with two attached hydrogens (primary N) is 1. The van der Waals surface area contributed by atoms with Gasteiger partial charge in [-0.3, -0.25) is 11.3 Å². The number of hydrazine groups is 1. The Morgan fingerprint density at radius 1 is 1.24 bits per heavy atom. The first-order valence-corrected chi connectivity index (χ1v) is 8.09. The largest absolute Gasteiger partial charge is 0.271 e. The monoisotopic (exact) mass is 304 g/mol. The maximum absolute atomic E-state index is 5.74. The summed E-state index contributed by atoms with van der Waals surface area (Å²) in [6.07, 6.45) is 1.73. The Bertz CT molecular complexity index is 569. The number of nitrogens with one attached hydrogen (secondary N) is 1. The number of rotatable bonds is 5. The number of aromatic nitrogens is 2. The molecule has 0 bridgehead atoms. The van der Waals surface area contributed by atoms with Crippen LogP contribution in [0.15, 0.2) is 24.3 Å². The Morgan fingerprint density at radius 2 is 1.90 bits per heavy atom. The summed E-state index contributed by atoms with van der Waals surface area (Å²) in [5.74, 6) is 5.74. The van der Waals surface area contributed by atoms with Crippen LogP contribution < -0.4 is 11.3 Å². The van der Waals surface area contributed by atoms with E-state index in [1.807, 2.05) is 0 Å². The Kier molecular flexibility index (Phi) is 5.08. The molecular weight excluding hydrogens is 280 g/mol. The number of nitrogens with zero attached hydrogens (tertiary/aromatic N) is 2. The maximum atomic E-state index is 5.74. The van der Waals surface area contributed by atoms with Crippen LogP contribution in [-0.2, 0) is 18.3 Å². The molecule has 1 aromatic carbocycles. The predicted octanol–water partition coefficient (Wildman–Crippen LogP) is 3.15. The Balaban J connectivity index is 2.16. The van der Waals surface area contributed by atoms with Crippen molar-refractivity contribution >= 4 is 11.5 Å². The highest BCUT2D eigenvalue weighted by molar-refractivity contribution is 7.05.